The van der Waals surface area contributed by atoms with Gasteiger partial charge in [0, 0.05) is 32.7 Å². The molecule has 1 fully saturated rings. The van der Waals surface area contributed by atoms with Crippen LogP contribution in [0.2, 0.25) is 0 Å². The molecule has 2 rings (SSSR count). The van der Waals surface area contributed by atoms with Crippen molar-refractivity contribution in [3.63, 3.8) is 0 Å². The van der Waals surface area contributed by atoms with Crippen LogP contribution in [0.25, 0.3) is 0 Å². The molecule has 148 valence electrons. The van der Waals surface area contributed by atoms with Gasteiger partial charge in [0.15, 0.2) is 5.96 Å². The first-order valence-electron chi connectivity index (χ1n) is 9.63. The molecule has 6 heteroatoms. The van der Waals surface area contributed by atoms with Crippen molar-refractivity contribution < 1.29 is 4.74 Å². The van der Waals surface area contributed by atoms with E-state index in [0.29, 0.717) is 6.61 Å². The lowest BCUT2D eigenvalue weighted by Crippen LogP contribution is -2.41. The fourth-order valence-electron chi connectivity index (χ4n) is 3.30. The molecule has 5 nitrogen and oxygen atoms in total. The molecule has 2 N–H and O–H groups in total. The zero-order chi connectivity index (χ0) is 17.9. The van der Waals surface area contributed by atoms with Gasteiger partial charge in [-0.1, -0.05) is 18.6 Å². The molecule has 0 aromatic heterocycles. The van der Waals surface area contributed by atoms with Gasteiger partial charge in [-0.15, -0.1) is 24.0 Å². The van der Waals surface area contributed by atoms with E-state index in [0.717, 1.165) is 37.3 Å². The van der Waals surface area contributed by atoms with Gasteiger partial charge in [-0.05, 0) is 57.4 Å². The van der Waals surface area contributed by atoms with Crippen molar-refractivity contribution >= 4 is 29.9 Å². The third-order valence-corrected chi connectivity index (χ3v) is 4.75. The molecule has 0 saturated carbocycles. The number of nitrogens with zero attached hydrogens (tertiary/aromatic N) is 2. The predicted molar refractivity (Wildman–Crippen MR) is 121 cm³/mol. The van der Waals surface area contributed by atoms with Gasteiger partial charge in [0.2, 0.25) is 0 Å². The number of benzene rings is 1. The second kappa shape index (κ2) is 13.2. The molecule has 1 saturated heterocycles. The van der Waals surface area contributed by atoms with Crippen molar-refractivity contribution in [3.05, 3.63) is 29.8 Å². The van der Waals surface area contributed by atoms with Crippen molar-refractivity contribution in [1.29, 1.82) is 0 Å². The predicted octanol–water partition coefficient (Wildman–Crippen LogP) is 3.63. The molecule has 1 aliphatic heterocycles. The molecular weight excluding hydrogens is 439 g/mol. The summed E-state index contributed by atoms with van der Waals surface area (Å²) in [6.45, 7) is 9.15. The molecule has 26 heavy (non-hydrogen) atoms. The number of hydrogen-bond donors (Lipinski definition) is 2. The van der Waals surface area contributed by atoms with Crippen LogP contribution in [0.4, 0.5) is 0 Å². The lowest BCUT2D eigenvalue weighted by molar-refractivity contribution is 0.159. The van der Waals surface area contributed by atoms with Crippen molar-refractivity contribution in [2.24, 2.45) is 4.99 Å². The minimum absolute atomic E-state index is 0. The lowest BCUT2D eigenvalue weighted by Gasteiger charge is -2.33. The van der Waals surface area contributed by atoms with Gasteiger partial charge in [0.05, 0.1) is 6.61 Å². The molecule has 1 unspecified atom stereocenters. The maximum absolute atomic E-state index is 5.55. The molecule has 1 atom stereocenters. The van der Waals surface area contributed by atoms with Crippen LogP contribution in [0.15, 0.2) is 29.3 Å². The van der Waals surface area contributed by atoms with Crippen LogP contribution in [0.1, 0.15) is 45.1 Å². The van der Waals surface area contributed by atoms with E-state index in [2.05, 4.69) is 39.6 Å². The Bertz CT molecular complexity index is 538. The topological polar surface area (TPSA) is 48.9 Å². The third-order valence-electron chi connectivity index (χ3n) is 4.75. The molecule has 0 spiro atoms. The van der Waals surface area contributed by atoms with Crippen LogP contribution in [0.5, 0.6) is 5.75 Å². The maximum Gasteiger partial charge on any atom is 0.191 e. The van der Waals surface area contributed by atoms with E-state index in [-0.39, 0.29) is 24.0 Å². The number of rotatable bonds is 8. The summed E-state index contributed by atoms with van der Waals surface area (Å²) in [5, 5.41) is 6.79. The summed E-state index contributed by atoms with van der Waals surface area (Å²) in [7, 11) is 1.82. The Morgan fingerprint density at radius 3 is 2.88 bits per heavy atom. The molecule has 0 amide bonds. The Hall–Kier alpha value is -1.02. The van der Waals surface area contributed by atoms with Gasteiger partial charge in [-0.25, -0.2) is 0 Å². The van der Waals surface area contributed by atoms with Crippen molar-refractivity contribution in [2.75, 3.05) is 33.3 Å². The fourth-order valence-corrected chi connectivity index (χ4v) is 3.30. The first-order chi connectivity index (χ1) is 12.2. The molecular formula is C20H35IN4O. The van der Waals surface area contributed by atoms with Crippen molar-refractivity contribution in [2.45, 2.75) is 52.1 Å². The first kappa shape index (κ1) is 23.0. The molecule has 1 aromatic carbocycles. The minimum Gasteiger partial charge on any atom is -0.494 e. The quantitative estimate of drug-likeness (QED) is 0.262. The van der Waals surface area contributed by atoms with E-state index in [1.807, 2.05) is 26.1 Å². The van der Waals surface area contributed by atoms with Crippen LogP contribution < -0.4 is 15.4 Å². The molecule has 0 bridgehead atoms. The summed E-state index contributed by atoms with van der Waals surface area (Å²) in [6.07, 6.45) is 5.22. The molecule has 0 radical (unpaired) electrons. The molecule has 1 heterocycles. The number of piperidine rings is 1. The van der Waals surface area contributed by atoms with E-state index in [1.54, 1.807) is 0 Å². The maximum atomic E-state index is 5.55. The lowest BCUT2D eigenvalue weighted by atomic mass is 10.0. The first-order valence-corrected chi connectivity index (χ1v) is 9.63. The van der Waals surface area contributed by atoms with E-state index in [1.165, 1.54) is 37.9 Å². The monoisotopic (exact) mass is 474 g/mol. The number of guanidine groups is 1. The summed E-state index contributed by atoms with van der Waals surface area (Å²) >= 11 is 0. The van der Waals surface area contributed by atoms with Crippen LogP contribution in [0.3, 0.4) is 0 Å². The van der Waals surface area contributed by atoms with E-state index < -0.39 is 0 Å². The number of halogens is 1. The summed E-state index contributed by atoms with van der Waals surface area (Å²) < 4.78 is 5.55. The minimum atomic E-state index is 0. The normalized spacial score (nSPS) is 18.1. The Morgan fingerprint density at radius 1 is 1.31 bits per heavy atom. The summed E-state index contributed by atoms with van der Waals surface area (Å²) in [5.74, 6) is 1.77. The number of ether oxygens (including phenoxy) is 1. The molecule has 1 aromatic rings. The number of likely N-dealkylation sites (tertiary alicyclic amines) is 1. The average Bonchev–Trinajstić information content (AvgIpc) is 2.63. The van der Waals surface area contributed by atoms with Gasteiger partial charge in [-0.3, -0.25) is 4.99 Å². The number of nitrogens with one attached hydrogen (secondary N) is 2. The van der Waals surface area contributed by atoms with Crippen LogP contribution in [0, 0.1) is 0 Å². The average molecular weight is 474 g/mol. The van der Waals surface area contributed by atoms with Crippen LogP contribution in [-0.2, 0) is 6.54 Å². The van der Waals surface area contributed by atoms with E-state index >= 15 is 0 Å². The standard InChI is InChI=1S/C20H34N4O.HI/c1-4-25-19-11-7-10-18(15-19)16-23-20(21-3)22-12-8-14-24-13-6-5-9-17(24)2;/h7,10-11,15,17H,4-6,8-9,12-14,16H2,1-3H3,(H2,21,22,23);1H. The van der Waals surface area contributed by atoms with Gasteiger partial charge in [0.1, 0.15) is 5.75 Å². The Kier molecular flexibility index (Phi) is 11.7. The highest BCUT2D eigenvalue weighted by Gasteiger charge is 2.17. The molecule has 1 aliphatic rings. The fraction of sp³-hybridized carbons (Fsp3) is 0.650. The number of hydrogen-bond acceptors (Lipinski definition) is 3. The highest BCUT2D eigenvalue weighted by atomic mass is 127. The third kappa shape index (κ3) is 8.12. The molecule has 0 aliphatic carbocycles. The van der Waals surface area contributed by atoms with Crippen molar-refractivity contribution in [3.8, 4) is 5.75 Å². The van der Waals surface area contributed by atoms with E-state index in [4.69, 9.17) is 4.74 Å². The Morgan fingerprint density at radius 2 is 2.15 bits per heavy atom. The summed E-state index contributed by atoms with van der Waals surface area (Å²) in [6, 6.07) is 8.92. The Labute approximate surface area is 176 Å². The van der Waals surface area contributed by atoms with Gasteiger partial charge >= 0.3 is 0 Å². The van der Waals surface area contributed by atoms with E-state index in [9.17, 15) is 0 Å². The van der Waals surface area contributed by atoms with Crippen LogP contribution >= 0.6 is 24.0 Å². The zero-order valence-corrected chi connectivity index (χ0v) is 18.8. The summed E-state index contributed by atoms with van der Waals surface area (Å²) in [5.41, 5.74) is 1.19. The van der Waals surface area contributed by atoms with Gasteiger partial charge < -0.3 is 20.3 Å². The highest BCUT2D eigenvalue weighted by molar-refractivity contribution is 14.0. The van der Waals surface area contributed by atoms with Crippen molar-refractivity contribution in [1.82, 2.24) is 15.5 Å². The zero-order valence-electron chi connectivity index (χ0n) is 16.5. The van der Waals surface area contributed by atoms with Gasteiger partial charge in [0.25, 0.3) is 0 Å². The van der Waals surface area contributed by atoms with Crippen LogP contribution in [-0.4, -0.2) is 50.2 Å². The smallest absolute Gasteiger partial charge is 0.191 e. The second-order valence-corrected chi connectivity index (χ2v) is 6.67. The SMILES string of the molecule is CCOc1cccc(CNC(=NC)NCCCN2CCCCC2C)c1.I. The largest absolute Gasteiger partial charge is 0.494 e. The Balaban J connectivity index is 0.00000338. The second-order valence-electron chi connectivity index (χ2n) is 6.67. The van der Waals surface area contributed by atoms with Gasteiger partial charge in [-0.2, -0.15) is 0 Å². The number of aliphatic imine (C=N–C) groups is 1. The summed E-state index contributed by atoms with van der Waals surface area (Å²) in [4.78, 5) is 6.92. The highest BCUT2D eigenvalue weighted by Crippen LogP contribution is 2.16.